The molecule has 0 rings (SSSR count). The molecule has 0 saturated heterocycles. The Kier molecular flexibility index (Phi) is 56.0. The van der Waals surface area contributed by atoms with Crippen LogP contribution in [0.1, 0.15) is 239 Å². The van der Waals surface area contributed by atoms with Crippen LogP contribution in [0, 0.1) is 0 Å². The quantitative estimate of drug-likeness (QED) is 0.0261. The average Bonchev–Trinajstić information content (AvgIpc) is 3.39. The Morgan fingerprint density at radius 1 is 0.288 bits per heavy atom. The van der Waals surface area contributed by atoms with Gasteiger partial charge in [-0.15, -0.1) is 0 Å². The van der Waals surface area contributed by atoms with Crippen LogP contribution in [0.25, 0.3) is 0 Å². The third-order valence-corrected chi connectivity index (χ3v) is 11.8. The maximum absolute atomic E-state index is 12.9. The summed E-state index contributed by atoms with van der Waals surface area (Å²) in [6, 6.07) is 0. The zero-order valence-electron chi connectivity index (χ0n) is 46.8. The van der Waals surface area contributed by atoms with E-state index >= 15 is 0 Å². The van der Waals surface area contributed by atoms with Crippen molar-refractivity contribution in [3.05, 3.63) is 146 Å². The van der Waals surface area contributed by atoms with E-state index in [1.165, 1.54) is 89.9 Å². The molecule has 0 N–H and O–H groups in total. The van der Waals surface area contributed by atoms with Gasteiger partial charge in [0.05, 0.1) is 0 Å². The highest BCUT2D eigenvalue weighted by molar-refractivity contribution is 5.71. The second-order valence-electron chi connectivity index (χ2n) is 18.8. The maximum Gasteiger partial charge on any atom is 0.306 e. The Labute approximate surface area is 448 Å². The first-order valence-corrected chi connectivity index (χ1v) is 29.3. The van der Waals surface area contributed by atoms with Gasteiger partial charge in [-0.25, -0.2) is 0 Å². The number of rotatable bonds is 51. The number of esters is 3. The fourth-order valence-corrected chi connectivity index (χ4v) is 7.50. The van der Waals surface area contributed by atoms with Crippen LogP contribution in [0.3, 0.4) is 0 Å². The van der Waals surface area contributed by atoms with Crippen molar-refractivity contribution in [1.82, 2.24) is 0 Å². The lowest BCUT2D eigenvalue weighted by Gasteiger charge is -2.18. The molecule has 0 fully saturated rings. The van der Waals surface area contributed by atoms with Crippen LogP contribution in [0.15, 0.2) is 146 Å². The summed E-state index contributed by atoms with van der Waals surface area (Å²) in [6.07, 6.45) is 85.8. The largest absolute Gasteiger partial charge is 0.462 e. The molecule has 0 spiro atoms. The van der Waals surface area contributed by atoms with E-state index in [-0.39, 0.29) is 44.0 Å². The number of hydrogen-bond acceptors (Lipinski definition) is 6. The van der Waals surface area contributed by atoms with E-state index in [0.29, 0.717) is 19.3 Å². The summed E-state index contributed by atoms with van der Waals surface area (Å²) < 4.78 is 16.7. The predicted octanol–water partition coefficient (Wildman–Crippen LogP) is 20.0. The van der Waals surface area contributed by atoms with Crippen LogP contribution in [-0.2, 0) is 28.6 Å². The number of carbonyl (C=O) groups excluding carboxylic acids is 3. The molecule has 0 aromatic rings. The Balaban J connectivity index is 4.54. The molecule has 0 bridgehead atoms. The van der Waals surface area contributed by atoms with Gasteiger partial charge in [0.2, 0.25) is 0 Å². The highest BCUT2D eigenvalue weighted by Gasteiger charge is 2.19. The molecule has 0 aliphatic rings. The van der Waals surface area contributed by atoms with Crippen molar-refractivity contribution in [3.63, 3.8) is 0 Å². The van der Waals surface area contributed by atoms with E-state index in [2.05, 4.69) is 154 Å². The molecule has 0 radical (unpaired) electrons. The topological polar surface area (TPSA) is 78.9 Å². The van der Waals surface area contributed by atoms with Crippen molar-refractivity contribution >= 4 is 17.9 Å². The van der Waals surface area contributed by atoms with E-state index < -0.39 is 6.10 Å². The third kappa shape index (κ3) is 58.1. The number of ether oxygens (including phenoxy) is 3. The number of hydrogen-bond donors (Lipinski definition) is 0. The van der Waals surface area contributed by atoms with Crippen molar-refractivity contribution in [1.29, 1.82) is 0 Å². The van der Waals surface area contributed by atoms with Gasteiger partial charge < -0.3 is 14.2 Å². The molecular formula is C67H106O6. The zero-order chi connectivity index (χ0) is 52.9. The molecule has 0 aromatic heterocycles. The smallest absolute Gasteiger partial charge is 0.306 e. The van der Waals surface area contributed by atoms with E-state index in [0.717, 1.165) is 96.3 Å². The third-order valence-electron chi connectivity index (χ3n) is 11.8. The summed E-state index contributed by atoms with van der Waals surface area (Å²) in [5, 5.41) is 0. The number of allylic oxidation sites excluding steroid dienone is 24. The first-order chi connectivity index (χ1) is 36.0. The maximum atomic E-state index is 12.9. The molecule has 410 valence electrons. The minimum Gasteiger partial charge on any atom is -0.462 e. The first kappa shape index (κ1) is 68.3. The van der Waals surface area contributed by atoms with Crippen LogP contribution in [0.4, 0.5) is 0 Å². The van der Waals surface area contributed by atoms with Crippen LogP contribution < -0.4 is 0 Å². The summed E-state index contributed by atoms with van der Waals surface area (Å²) in [7, 11) is 0. The zero-order valence-corrected chi connectivity index (χ0v) is 46.8. The molecule has 73 heavy (non-hydrogen) atoms. The molecule has 1 atom stereocenters. The Hall–Kier alpha value is -4.71. The van der Waals surface area contributed by atoms with Crippen molar-refractivity contribution < 1.29 is 28.6 Å². The fourth-order valence-electron chi connectivity index (χ4n) is 7.50. The minimum absolute atomic E-state index is 0.136. The molecule has 0 aliphatic heterocycles. The SMILES string of the molecule is CC/C=C\C/C=C\C/C=C\C/C=C\C/C=C\C/C=C\C/C=C\CCCC(=O)OCC(COC(=O)CC/C=C\C/C=C\C/C=C\C/C=C\CC)OC(=O)CCCCCCCCCCC/C=C\CCCCCCCC. The Bertz CT molecular complexity index is 1630. The molecule has 0 saturated carbocycles. The van der Waals surface area contributed by atoms with Gasteiger partial charge in [0.25, 0.3) is 0 Å². The van der Waals surface area contributed by atoms with E-state index in [9.17, 15) is 14.4 Å². The molecule has 0 aromatic carbocycles. The highest BCUT2D eigenvalue weighted by atomic mass is 16.6. The lowest BCUT2D eigenvalue weighted by atomic mass is 10.1. The first-order valence-electron chi connectivity index (χ1n) is 29.3. The molecular weight excluding hydrogens is 901 g/mol. The lowest BCUT2D eigenvalue weighted by molar-refractivity contribution is -0.166. The van der Waals surface area contributed by atoms with Gasteiger partial charge >= 0.3 is 17.9 Å². The van der Waals surface area contributed by atoms with Crippen LogP contribution in [-0.4, -0.2) is 37.2 Å². The average molecular weight is 1010 g/mol. The summed E-state index contributed by atoms with van der Waals surface area (Å²) >= 11 is 0. The van der Waals surface area contributed by atoms with Crippen molar-refractivity contribution in [3.8, 4) is 0 Å². The normalized spacial score (nSPS) is 13.2. The van der Waals surface area contributed by atoms with Crippen molar-refractivity contribution in [2.45, 2.75) is 245 Å². The summed E-state index contributed by atoms with van der Waals surface area (Å²) in [5.74, 6) is -1.08. The molecule has 6 heteroatoms. The highest BCUT2D eigenvalue weighted by Crippen LogP contribution is 2.14. The van der Waals surface area contributed by atoms with Gasteiger partial charge in [0.15, 0.2) is 6.10 Å². The fraction of sp³-hybridized carbons (Fsp3) is 0.597. The van der Waals surface area contributed by atoms with Gasteiger partial charge in [-0.2, -0.15) is 0 Å². The second-order valence-corrected chi connectivity index (χ2v) is 18.8. The standard InChI is InChI=1S/C67H106O6/c1-4-7-10-13-16-19-22-25-27-29-31-32-33-34-36-37-39-42-45-48-51-54-57-60-66(69)72-63-64(62-71-65(68)59-56-53-50-47-44-41-24-21-18-15-12-9-6-3)73-67(70)61-58-55-52-49-46-43-40-38-35-30-28-26-23-20-17-14-11-8-5-2/h7,9-10,12,16,18-19,21,25-28,31-32,34,36,39,41-42,44,48,50-51,53,64H,4-6,8,11,13-15,17,20,22-24,29-30,33,35,37-38,40,43,45-47,49,52,54-63H2,1-3H3/b10-7-,12-9-,19-16-,21-18-,27-25-,28-26-,32-31-,36-34-,42-39-,44-41-,51-48-,53-50-. The lowest BCUT2D eigenvalue weighted by Crippen LogP contribution is -2.30. The molecule has 6 nitrogen and oxygen atoms in total. The summed E-state index contributed by atoms with van der Waals surface area (Å²) in [6.45, 7) is 6.28. The van der Waals surface area contributed by atoms with Crippen LogP contribution in [0.2, 0.25) is 0 Å². The van der Waals surface area contributed by atoms with Gasteiger partial charge in [-0.05, 0) is 122 Å². The Morgan fingerprint density at radius 2 is 0.575 bits per heavy atom. The van der Waals surface area contributed by atoms with Crippen molar-refractivity contribution in [2.75, 3.05) is 13.2 Å². The molecule has 0 aliphatic carbocycles. The predicted molar refractivity (Wildman–Crippen MR) is 315 cm³/mol. The van der Waals surface area contributed by atoms with Gasteiger partial charge in [0.1, 0.15) is 13.2 Å². The second kappa shape index (κ2) is 59.8. The monoisotopic (exact) mass is 1010 g/mol. The number of unbranched alkanes of at least 4 members (excludes halogenated alkanes) is 16. The van der Waals surface area contributed by atoms with Crippen LogP contribution in [0.5, 0.6) is 0 Å². The number of carbonyl (C=O) groups is 3. The molecule has 0 amide bonds. The molecule has 0 heterocycles. The minimum atomic E-state index is -0.838. The van der Waals surface area contributed by atoms with Crippen molar-refractivity contribution in [2.24, 2.45) is 0 Å². The Morgan fingerprint density at radius 3 is 0.973 bits per heavy atom. The van der Waals surface area contributed by atoms with Gasteiger partial charge in [-0.3, -0.25) is 14.4 Å². The van der Waals surface area contributed by atoms with Gasteiger partial charge in [0, 0.05) is 19.3 Å². The molecule has 1 unspecified atom stereocenters. The summed E-state index contributed by atoms with van der Waals surface area (Å²) in [5.41, 5.74) is 0. The van der Waals surface area contributed by atoms with E-state index in [1.807, 2.05) is 12.2 Å². The van der Waals surface area contributed by atoms with E-state index in [1.54, 1.807) is 0 Å². The summed E-state index contributed by atoms with van der Waals surface area (Å²) in [4.78, 5) is 38.1. The van der Waals surface area contributed by atoms with Gasteiger partial charge in [-0.1, -0.05) is 244 Å². The van der Waals surface area contributed by atoms with Crippen LogP contribution >= 0.6 is 0 Å². The van der Waals surface area contributed by atoms with E-state index in [4.69, 9.17) is 14.2 Å².